The summed E-state index contributed by atoms with van der Waals surface area (Å²) in [5.41, 5.74) is 3.61. The lowest BCUT2D eigenvalue weighted by molar-refractivity contribution is -0.115. The third kappa shape index (κ3) is 6.02. The Morgan fingerprint density at radius 2 is 1.85 bits per heavy atom. The van der Waals surface area contributed by atoms with Crippen molar-refractivity contribution in [3.05, 3.63) is 47.1 Å². The van der Waals surface area contributed by atoms with Gasteiger partial charge in [0.05, 0.1) is 5.60 Å². The van der Waals surface area contributed by atoms with Crippen molar-refractivity contribution in [2.24, 2.45) is 28.6 Å². The number of aldehydes is 1. The summed E-state index contributed by atoms with van der Waals surface area (Å²) in [6, 6.07) is 0. The summed E-state index contributed by atoms with van der Waals surface area (Å²) in [7, 11) is 0. The minimum Gasteiger partial charge on any atom is -0.396 e. The van der Waals surface area contributed by atoms with Crippen LogP contribution in [0.3, 0.4) is 0 Å². The SMILES string of the molecule is C=C1CCC(C)C(C)(C)C1C=CC(C)=CCCC1(C)C(CCCO)C(=C(C)C=O)CCC1(C)O. The number of hydrogen-bond acceptors (Lipinski definition) is 3. The summed E-state index contributed by atoms with van der Waals surface area (Å²) < 4.78 is 0. The van der Waals surface area contributed by atoms with Gasteiger partial charge in [0, 0.05) is 17.9 Å². The van der Waals surface area contributed by atoms with Crippen molar-refractivity contribution in [3.63, 3.8) is 0 Å². The van der Waals surface area contributed by atoms with Crippen LogP contribution in [-0.2, 0) is 4.79 Å². The normalized spacial score (nSPS) is 36.1. The Hall–Kier alpha value is -1.45. The van der Waals surface area contributed by atoms with Gasteiger partial charge >= 0.3 is 0 Å². The molecule has 34 heavy (non-hydrogen) atoms. The average Bonchev–Trinajstić information content (AvgIpc) is 2.77. The summed E-state index contributed by atoms with van der Waals surface area (Å²) in [5.74, 6) is 1.18. The van der Waals surface area contributed by atoms with Gasteiger partial charge in [-0.3, -0.25) is 4.79 Å². The molecular formula is C31H50O3. The molecule has 0 radical (unpaired) electrons. The smallest absolute Gasteiger partial charge is 0.145 e. The largest absolute Gasteiger partial charge is 0.396 e. The maximum Gasteiger partial charge on any atom is 0.145 e. The molecular weight excluding hydrogens is 420 g/mol. The monoisotopic (exact) mass is 470 g/mol. The quantitative estimate of drug-likeness (QED) is 0.160. The molecule has 5 atom stereocenters. The van der Waals surface area contributed by atoms with Crippen LogP contribution in [0.25, 0.3) is 0 Å². The van der Waals surface area contributed by atoms with Gasteiger partial charge in [-0.1, -0.05) is 69.2 Å². The third-order valence-corrected chi connectivity index (χ3v) is 9.73. The summed E-state index contributed by atoms with van der Waals surface area (Å²) in [4.78, 5) is 11.6. The summed E-state index contributed by atoms with van der Waals surface area (Å²) in [5, 5.41) is 21.0. The fraction of sp³-hybridized carbons (Fsp3) is 0.710. The fourth-order valence-corrected chi connectivity index (χ4v) is 6.44. The number of carbonyl (C=O) groups is 1. The standard InChI is InChI=1S/C31H50O3/c1-22(13-16-27-23(2)14-15-25(4)29(27,5)6)11-9-18-30(7)28(12-10-20-32)26(24(3)21-33)17-19-31(30,8)34/h11,13,16,21,25,27-28,32,34H,2,9-10,12,14-15,17-20H2,1,3-8H3. The van der Waals surface area contributed by atoms with Crippen LogP contribution in [-0.4, -0.2) is 28.7 Å². The van der Waals surface area contributed by atoms with Gasteiger partial charge in [0.2, 0.25) is 0 Å². The second-order valence-electron chi connectivity index (χ2n) is 12.2. The van der Waals surface area contributed by atoms with Crippen LogP contribution in [0.1, 0.15) is 99.8 Å². The zero-order valence-electron chi connectivity index (χ0n) is 22.9. The fourth-order valence-electron chi connectivity index (χ4n) is 6.44. The molecule has 0 aromatic rings. The molecule has 0 spiro atoms. The van der Waals surface area contributed by atoms with E-state index in [-0.39, 0.29) is 23.4 Å². The molecule has 5 unspecified atom stereocenters. The molecule has 2 N–H and O–H groups in total. The van der Waals surface area contributed by atoms with Crippen LogP contribution in [0.15, 0.2) is 47.1 Å². The third-order valence-electron chi connectivity index (χ3n) is 9.73. The Morgan fingerprint density at radius 3 is 2.47 bits per heavy atom. The highest BCUT2D eigenvalue weighted by atomic mass is 16.3. The summed E-state index contributed by atoms with van der Waals surface area (Å²) in [6.45, 7) is 19.8. The number of rotatable bonds is 9. The van der Waals surface area contributed by atoms with Crippen molar-refractivity contribution >= 4 is 6.29 Å². The Kier molecular flexibility index (Phi) is 9.76. The van der Waals surface area contributed by atoms with E-state index in [4.69, 9.17) is 0 Å². The van der Waals surface area contributed by atoms with E-state index in [9.17, 15) is 15.0 Å². The first-order valence-corrected chi connectivity index (χ1v) is 13.3. The summed E-state index contributed by atoms with van der Waals surface area (Å²) >= 11 is 0. The van der Waals surface area contributed by atoms with Gasteiger partial charge in [0.25, 0.3) is 0 Å². The van der Waals surface area contributed by atoms with Gasteiger partial charge in [-0.05, 0) is 95.0 Å². The predicted molar refractivity (Wildman–Crippen MR) is 143 cm³/mol. The van der Waals surface area contributed by atoms with Crippen LogP contribution >= 0.6 is 0 Å². The molecule has 3 heteroatoms. The van der Waals surface area contributed by atoms with Gasteiger partial charge in [0.15, 0.2) is 0 Å². The van der Waals surface area contributed by atoms with Crippen LogP contribution in [0.2, 0.25) is 0 Å². The van der Waals surface area contributed by atoms with Crippen LogP contribution in [0.5, 0.6) is 0 Å². The first kappa shape index (κ1) is 28.8. The number of allylic oxidation sites excluding steroid dienone is 7. The molecule has 0 bridgehead atoms. The zero-order valence-corrected chi connectivity index (χ0v) is 22.9. The zero-order chi connectivity index (χ0) is 25.7. The van der Waals surface area contributed by atoms with E-state index >= 15 is 0 Å². The van der Waals surface area contributed by atoms with Crippen LogP contribution < -0.4 is 0 Å². The van der Waals surface area contributed by atoms with Gasteiger partial charge in [0.1, 0.15) is 6.29 Å². The molecule has 0 aromatic carbocycles. The van der Waals surface area contributed by atoms with Crippen LogP contribution in [0.4, 0.5) is 0 Å². The minimum absolute atomic E-state index is 0.102. The maximum absolute atomic E-state index is 11.6. The van der Waals surface area contributed by atoms with Gasteiger partial charge in [-0.15, -0.1) is 0 Å². The van der Waals surface area contributed by atoms with Crippen molar-refractivity contribution in [2.45, 2.75) is 105 Å². The first-order valence-electron chi connectivity index (χ1n) is 13.3. The van der Waals surface area contributed by atoms with Gasteiger partial charge < -0.3 is 10.2 Å². The van der Waals surface area contributed by atoms with E-state index in [1.54, 1.807) is 0 Å². The van der Waals surface area contributed by atoms with E-state index < -0.39 is 5.60 Å². The van der Waals surface area contributed by atoms with Crippen molar-refractivity contribution in [1.82, 2.24) is 0 Å². The Morgan fingerprint density at radius 1 is 1.18 bits per heavy atom. The molecule has 0 saturated heterocycles. The van der Waals surface area contributed by atoms with E-state index in [2.05, 4.69) is 59.4 Å². The highest BCUT2D eigenvalue weighted by Gasteiger charge is 2.52. The molecule has 2 saturated carbocycles. The lowest BCUT2D eigenvalue weighted by atomic mass is 9.54. The molecule has 192 valence electrons. The van der Waals surface area contributed by atoms with Gasteiger partial charge in [-0.2, -0.15) is 0 Å². The highest BCUT2D eigenvalue weighted by Crippen LogP contribution is 2.55. The molecule has 2 fully saturated rings. The molecule has 0 heterocycles. The molecule has 0 amide bonds. The second kappa shape index (κ2) is 11.5. The molecule has 3 nitrogen and oxygen atoms in total. The molecule has 2 aliphatic carbocycles. The maximum atomic E-state index is 11.6. The molecule has 2 rings (SSSR count). The van der Waals surface area contributed by atoms with Crippen molar-refractivity contribution in [2.75, 3.05) is 6.61 Å². The Bertz CT molecular complexity index is 826. The lowest BCUT2D eigenvalue weighted by Gasteiger charge is -2.53. The minimum atomic E-state index is -0.808. The van der Waals surface area contributed by atoms with E-state index in [0.29, 0.717) is 24.7 Å². The average molecular weight is 471 g/mol. The van der Waals surface area contributed by atoms with E-state index in [1.807, 2.05) is 13.8 Å². The Balaban J connectivity index is 2.21. The van der Waals surface area contributed by atoms with Crippen LogP contribution in [0, 0.1) is 28.6 Å². The highest BCUT2D eigenvalue weighted by molar-refractivity contribution is 5.74. The topological polar surface area (TPSA) is 57.5 Å². The van der Waals surface area contributed by atoms with E-state index in [1.165, 1.54) is 23.1 Å². The molecule has 0 aromatic heterocycles. The lowest BCUT2D eigenvalue weighted by Crippen LogP contribution is -2.52. The Labute approximate surface area is 209 Å². The number of hydrogen-bond donors (Lipinski definition) is 2. The molecule has 2 aliphatic rings. The van der Waals surface area contributed by atoms with Crippen molar-refractivity contribution in [1.29, 1.82) is 0 Å². The van der Waals surface area contributed by atoms with Crippen molar-refractivity contribution < 1.29 is 15.0 Å². The van der Waals surface area contributed by atoms with Crippen molar-refractivity contribution in [3.8, 4) is 0 Å². The summed E-state index contributed by atoms with van der Waals surface area (Å²) in [6.07, 6.45) is 14.8. The number of aliphatic hydroxyl groups is 2. The molecule has 0 aliphatic heterocycles. The second-order valence-corrected chi connectivity index (χ2v) is 12.2. The number of aliphatic hydroxyl groups excluding tert-OH is 1. The van der Waals surface area contributed by atoms with Gasteiger partial charge in [-0.25, -0.2) is 0 Å². The van der Waals surface area contributed by atoms with E-state index in [0.717, 1.165) is 44.0 Å². The number of carbonyl (C=O) groups excluding carboxylic acids is 1. The predicted octanol–water partition coefficient (Wildman–Crippen LogP) is 7.35. The first-order chi connectivity index (χ1) is 15.8.